The maximum Gasteiger partial charge on any atom is 0.231 e. The standard InChI is InChI=1S/C26H35N5O4S/c1-17-15-21(32)24-22(17)25(28-16-27-24)30-11-13-31(14-12-30)26(33)23(20-5-4-10-29(20)2)18-6-8-19(9-7-18)36(3,34)35/h6-9,16-17,20-21,23,32H,4-5,10-15H2,1-3H3/t17-,20+,21-,23+/m1/s1. The summed E-state index contributed by atoms with van der Waals surface area (Å²) < 4.78 is 23.9. The highest BCUT2D eigenvalue weighted by Gasteiger charge is 2.39. The van der Waals surface area contributed by atoms with E-state index in [-0.39, 0.29) is 28.7 Å². The number of fused-ring (bicyclic) bond motifs is 1. The molecule has 2 aliphatic heterocycles. The van der Waals surface area contributed by atoms with Crippen molar-refractivity contribution in [1.29, 1.82) is 0 Å². The van der Waals surface area contributed by atoms with Crippen molar-refractivity contribution in [3.63, 3.8) is 0 Å². The quantitative estimate of drug-likeness (QED) is 0.647. The first-order valence-corrected chi connectivity index (χ1v) is 14.6. The number of piperazine rings is 1. The molecule has 1 aromatic heterocycles. The number of hydrogen-bond acceptors (Lipinski definition) is 8. The molecule has 0 radical (unpaired) electrons. The number of sulfone groups is 1. The number of carbonyl (C=O) groups is 1. The Morgan fingerprint density at radius 3 is 2.39 bits per heavy atom. The number of nitrogens with zero attached hydrogens (tertiary/aromatic N) is 5. The van der Waals surface area contributed by atoms with Crippen molar-refractivity contribution in [2.75, 3.05) is 50.9 Å². The van der Waals surface area contributed by atoms with Crippen molar-refractivity contribution >= 4 is 21.6 Å². The van der Waals surface area contributed by atoms with Crippen molar-refractivity contribution in [1.82, 2.24) is 19.8 Å². The Morgan fingerprint density at radius 2 is 1.78 bits per heavy atom. The molecule has 3 aliphatic rings. The number of likely N-dealkylation sites (tertiary alicyclic amines) is 1. The van der Waals surface area contributed by atoms with Crippen LogP contribution in [0.25, 0.3) is 0 Å². The number of anilines is 1. The normalized spacial score (nSPS) is 25.7. The fourth-order valence-electron chi connectivity index (χ4n) is 6.10. The van der Waals surface area contributed by atoms with Crippen LogP contribution in [-0.2, 0) is 14.6 Å². The number of aliphatic hydroxyl groups excluding tert-OH is 1. The highest BCUT2D eigenvalue weighted by molar-refractivity contribution is 7.90. The SMILES string of the molecule is C[C@@H]1C[C@@H](O)c2ncnc(N3CCN(C(=O)[C@@H](c4ccc(S(C)(=O)=O)cc4)[C@@H]4CCCN4C)CC3)c21. The molecule has 9 nitrogen and oxygen atoms in total. The fourth-order valence-corrected chi connectivity index (χ4v) is 6.73. The Kier molecular flexibility index (Phi) is 6.78. The van der Waals surface area contributed by atoms with Gasteiger partial charge in [0.05, 0.1) is 22.6 Å². The zero-order valence-electron chi connectivity index (χ0n) is 21.2. The van der Waals surface area contributed by atoms with Crippen LogP contribution in [0.4, 0.5) is 5.82 Å². The molecule has 0 unspecified atom stereocenters. The van der Waals surface area contributed by atoms with Crippen LogP contribution in [0, 0.1) is 0 Å². The number of likely N-dealkylation sites (N-methyl/N-ethyl adjacent to an activating group) is 1. The van der Waals surface area contributed by atoms with Crippen LogP contribution in [0.2, 0.25) is 0 Å². The number of aromatic nitrogens is 2. The lowest BCUT2D eigenvalue weighted by Gasteiger charge is -2.39. The minimum Gasteiger partial charge on any atom is -0.387 e. The smallest absolute Gasteiger partial charge is 0.231 e. The van der Waals surface area contributed by atoms with Gasteiger partial charge < -0.3 is 19.8 Å². The molecule has 1 N–H and O–H groups in total. The third kappa shape index (κ3) is 4.62. The van der Waals surface area contributed by atoms with E-state index < -0.39 is 15.9 Å². The molecule has 1 amide bonds. The summed E-state index contributed by atoms with van der Waals surface area (Å²) >= 11 is 0. The fraction of sp³-hybridized carbons (Fsp3) is 0.577. The molecule has 4 atom stereocenters. The molecule has 2 saturated heterocycles. The molecule has 36 heavy (non-hydrogen) atoms. The van der Waals surface area contributed by atoms with Crippen molar-refractivity contribution in [2.45, 2.75) is 55.1 Å². The van der Waals surface area contributed by atoms with Gasteiger partial charge in [-0.25, -0.2) is 18.4 Å². The molecular weight excluding hydrogens is 478 g/mol. The van der Waals surface area contributed by atoms with Gasteiger partial charge in [-0.05, 0) is 56.5 Å². The number of rotatable bonds is 5. The summed E-state index contributed by atoms with van der Waals surface area (Å²) in [6.45, 7) is 5.55. The Bertz CT molecular complexity index is 1230. The monoisotopic (exact) mass is 513 g/mol. The second kappa shape index (κ2) is 9.72. The molecule has 3 heterocycles. The van der Waals surface area contributed by atoms with Gasteiger partial charge in [0.1, 0.15) is 12.1 Å². The Labute approximate surface area is 213 Å². The van der Waals surface area contributed by atoms with Gasteiger partial charge in [0.15, 0.2) is 9.84 Å². The predicted octanol–water partition coefficient (Wildman–Crippen LogP) is 1.95. The largest absolute Gasteiger partial charge is 0.387 e. The summed E-state index contributed by atoms with van der Waals surface area (Å²) in [5.41, 5.74) is 2.62. The van der Waals surface area contributed by atoms with E-state index in [1.54, 1.807) is 24.3 Å². The van der Waals surface area contributed by atoms with Crippen LogP contribution in [0.5, 0.6) is 0 Å². The first-order valence-electron chi connectivity index (χ1n) is 12.7. The lowest BCUT2D eigenvalue weighted by Crippen LogP contribution is -2.52. The Morgan fingerprint density at radius 1 is 1.08 bits per heavy atom. The number of aliphatic hydroxyl groups is 1. The van der Waals surface area contributed by atoms with E-state index >= 15 is 0 Å². The second-order valence-electron chi connectivity index (χ2n) is 10.5. The van der Waals surface area contributed by atoms with Crippen LogP contribution in [0.15, 0.2) is 35.5 Å². The molecule has 0 saturated carbocycles. The minimum absolute atomic E-state index is 0.0899. The summed E-state index contributed by atoms with van der Waals surface area (Å²) in [6, 6.07) is 6.93. The Balaban J connectivity index is 1.35. The molecule has 194 valence electrons. The zero-order valence-corrected chi connectivity index (χ0v) is 22.0. The molecule has 5 rings (SSSR count). The van der Waals surface area contributed by atoms with Crippen LogP contribution in [0.3, 0.4) is 0 Å². The van der Waals surface area contributed by atoms with Gasteiger partial charge in [0, 0.05) is 44.0 Å². The molecule has 1 aromatic carbocycles. The lowest BCUT2D eigenvalue weighted by atomic mass is 9.88. The molecule has 0 bridgehead atoms. The minimum atomic E-state index is -3.30. The number of amides is 1. The molecule has 2 aromatic rings. The van der Waals surface area contributed by atoms with Crippen LogP contribution in [0.1, 0.15) is 60.9 Å². The third-order valence-corrected chi connectivity index (χ3v) is 9.19. The van der Waals surface area contributed by atoms with E-state index in [9.17, 15) is 18.3 Å². The number of benzene rings is 1. The van der Waals surface area contributed by atoms with Crippen molar-refractivity contribution in [2.24, 2.45) is 0 Å². The van der Waals surface area contributed by atoms with E-state index in [2.05, 4.69) is 33.7 Å². The van der Waals surface area contributed by atoms with Crippen LogP contribution in [-0.4, -0.2) is 91.3 Å². The number of hydrogen-bond donors (Lipinski definition) is 1. The first-order chi connectivity index (χ1) is 17.1. The van der Waals surface area contributed by atoms with Gasteiger partial charge in [-0.3, -0.25) is 4.79 Å². The van der Waals surface area contributed by atoms with E-state index in [1.807, 2.05) is 4.90 Å². The molecule has 1 aliphatic carbocycles. The maximum absolute atomic E-state index is 13.9. The molecule has 10 heteroatoms. The van der Waals surface area contributed by atoms with Gasteiger partial charge in [0.25, 0.3) is 0 Å². The third-order valence-electron chi connectivity index (χ3n) is 8.06. The van der Waals surface area contributed by atoms with Gasteiger partial charge >= 0.3 is 0 Å². The number of carbonyl (C=O) groups excluding carboxylic acids is 1. The van der Waals surface area contributed by atoms with Crippen molar-refractivity contribution < 1.29 is 18.3 Å². The average molecular weight is 514 g/mol. The van der Waals surface area contributed by atoms with Crippen LogP contribution >= 0.6 is 0 Å². The lowest BCUT2D eigenvalue weighted by molar-refractivity contribution is -0.134. The maximum atomic E-state index is 13.9. The topological polar surface area (TPSA) is 107 Å². The summed E-state index contributed by atoms with van der Waals surface area (Å²) in [6.07, 6.45) is 4.83. The van der Waals surface area contributed by atoms with E-state index in [1.165, 1.54) is 12.6 Å². The van der Waals surface area contributed by atoms with Crippen molar-refractivity contribution in [3.05, 3.63) is 47.4 Å². The van der Waals surface area contributed by atoms with E-state index in [0.29, 0.717) is 32.6 Å². The summed E-state index contributed by atoms with van der Waals surface area (Å²) in [7, 11) is -1.24. The van der Waals surface area contributed by atoms with E-state index in [0.717, 1.165) is 42.0 Å². The molecular formula is C26H35N5O4S. The van der Waals surface area contributed by atoms with E-state index in [4.69, 9.17) is 0 Å². The second-order valence-corrected chi connectivity index (χ2v) is 12.5. The summed E-state index contributed by atoms with van der Waals surface area (Å²) in [5.74, 6) is 0.830. The highest BCUT2D eigenvalue weighted by Crippen LogP contribution is 2.43. The van der Waals surface area contributed by atoms with Crippen LogP contribution < -0.4 is 4.90 Å². The predicted molar refractivity (Wildman–Crippen MR) is 137 cm³/mol. The highest BCUT2D eigenvalue weighted by atomic mass is 32.2. The summed E-state index contributed by atoms with van der Waals surface area (Å²) in [5, 5.41) is 10.3. The molecule has 2 fully saturated rings. The van der Waals surface area contributed by atoms with Gasteiger partial charge in [-0.15, -0.1) is 0 Å². The summed E-state index contributed by atoms with van der Waals surface area (Å²) in [4.78, 5) is 29.5. The first kappa shape index (κ1) is 25.1. The van der Waals surface area contributed by atoms with Crippen molar-refractivity contribution in [3.8, 4) is 0 Å². The van der Waals surface area contributed by atoms with Gasteiger partial charge in [-0.1, -0.05) is 19.1 Å². The zero-order chi connectivity index (χ0) is 25.6. The van der Waals surface area contributed by atoms with Gasteiger partial charge in [-0.2, -0.15) is 0 Å². The van der Waals surface area contributed by atoms with Gasteiger partial charge in [0.2, 0.25) is 5.91 Å². The average Bonchev–Trinajstić information content (AvgIpc) is 3.41. The molecule has 0 spiro atoms. The Hall–Kier alpha value is -2.56.